The lowest BCUT2D eigenvalue weighted by atomic mass is 10.0. The van der Waals surface area contributed by atoms with Gasteiger partial charge in [-0.2, -0.15) is 0 Å². The molecule has 1 atom stereocenters. The van der Waals surface area contributed by atoms with Crippen LogP contribution in [0.5, 0.6) is 0 Å². The van der Waals surface area contributed by atoms with Gasteiger partial charge in [0, 0.05) is 26.4 Å². The SMILES string of the molecule is COCC1CN(C(=O)c2ccc3nncn3c2)CC(C)(C)O1. The van der Waals surface area contributed by atoms with Crippen molar-refractivity contribution >= 4 is 11.6 Å². The summed E-state index contributed by atoms with van der Waals surface area (Å²) in [6.07, 6.45) is 3.23. The first-order valence-electron chi connectivity index (χ1n) is 7.24. The lowest BCUT2D eigenvalue weighted by molar-refractivity contribution is -0.143. The molecule has 7 heteroatoms. The van der Waals surface area contributed by atoms with Crippen molar-refractivity contribution in [3.05, 3.63) is 30.2 Å². The van der Waals surface area contributed by atoms with Crippen LogP contribution in [0, 0.1) is 0 Å². The fraction of sp³-hybridized carbons (Fsp3) is 0.533. The molecule has 1 saturated heterocycles. The summed E-state index contributed by atoms with van der Waals surface area (Å²) < 4.78 is 12.9. The molecule has 1 amide bonds. The molecule has 22 heavy (non-hydrogen) atoms. The van der Waals surface area contributed by atoms with Crippen molar-refractivity contribution < 1.29 is 14.3 Å². The van der Waals surface area contributed by atoms with Crippen molar-refractivity contribution in [1.82, 2.24) is 19.5 Å². The quantitative estimate of drug-likeness (QED) is 0.846. The van der Waals surface area contributed by atoms with Crippen LogP contribution in [0.3, 0.4) is 0 Å². The summed E-state index contributed by atoms with van der Waals surface area (Å²) in [6.45, 7) is 5.51. The molecule has 0 saturated carbocycles. The Morgan fingerprint density at radius 1 is 1.50 bits per heavy atom. The number of pyridine rings is 1. The summed E-state index contributed by atoms with van der Waals surface area (Å²) in [7, 11) is 1.64. The van der Waals surface area contributed by atoms with E-state index in [0.717, 1.165) is 5.65 Å². The largest absolute Gasteiger partial charge is 0.382 e. The molecule has 1 aliphatic heterocycles. The van der Waals surface area contributed by atoms with Crippen molar-refractivity contribution in [2.75, 3.05) is 26.8 Å². The normalized spacial score (nSPS) is 21.2. The molecular formula is C15H20N4O3. The molecule has 7 nitrogen and oxygen atoms in total. The van der Waals surface area contributed by atoms with Crippen LogP contribution in [0.1, 0.15) is 24.2 Å². The molecule has 1 aliphatic rings. The van der Waals surface area contributed by atoms with Gasteiger partial charge in [-0.15, -0.1) is 10.2 Å². The fourth-order valence-corrected chi connectivity index (χ4v) is 2.86. The highest BCUT2D eigenvalue weighted by Crippen LogP contribution is 2.23. The first-order chi connectivity index (χ1) is 10.5. The van der Waals surface area contributed by atoms with E-state index in [1.165, 1.54) is 0 Å². The van der Waals surface area contributed by atoms with Crippen LogP contribution >= 0.6 is 0 Å². The number of hydrogen-bond donors (Lipinski definition) is 0. The van der Waals surface area contributed by atoms with E-state index in [9.17, 15) is 4.79 Å². The minimum atomic E-state index is -0.391. The van der Waals surface area contributed by atoms with Crippen molar-refractivity contribution in [2.24, 2.45) is 0 Å². The molecule has 0 spiro atoms. The van der Waals surface area contributed by atoms with Gasteiger partial charge < -0.3 is 14.4 Å². The summed E-state index contributed by atoms with van der Waals surface area (Å²) in [6, 6.07) is 3.57. The Kier molecular flexibility index (Phi) is 3.84. The number of aromatic nitrogens is 3. The molecule has 0 bridgehead atoms. The summed E-state index contributed by atoms with van der Waals surface area (Å²) in [5.41, 5.74) is 0.940. The van der Waals surface area contributed by atoms with Gasteiger partial charge in [-0.25, -0.2) is 0 Å². The molecule has 3 rings (SSSR count). The number of carbonyl (C=O) groups excluding carboxylic acids is 1. The van der Waals surface area contributed by atoms with Crippen LogP contribution in [-0.2, 0) is 9.47 Å². The van der Waals surface area contributed by atoms with Crippen LogP contribution in [-0.4, -0.2) is 63.9 Å². The third kappa shape index (κ3) is 2.95. The van der Waals surface area contributed by atoms with E-state index >= 15 is 0 Å². The monoisotopic (exact) mass is 304 g/mol. The van der Waals surface area contributed by atoms with Crippen molar-refractivity contribution in [3.63, 3.8) is 0 Å². The number of amides is 1. The Morgan fingerprint density at radius 3 is 3.09 bits per heavy atom. The first kappa shape index (κ1) is 14.9. The lowest BCUT2D eigenvalue weighted by Gasteiger charge is -2.42. The fourth-order valence-electron chi connectivity index (χ4n) is 2.86. The molecule has 0 aliphatic carbocycles. The molecule has 2 aromatic rings. The van der Waals surface area contributed by atoms with Gasteiger partial charge in [0.15, 0.2) is 5.65 Å². The molecule has 1 unspecified atom stereocenters. The smallest absolute Gasteiger partial charge is 0.255 e. The second-order valence-corrected chi connectivity index (χ2v) is 6.15. The van der Waals surface area contributed by atoms with E-state index in [0.29, 0.717) is 25.3 Å². The van der Waals surface area contributed by atoms with E-state index < -0.39 is 5.60 Å². The molecule has 2 aromatic heterocycles. The number of fused-ring (bicyclic) bond motifs is 1. The number of nitrogens with zero attached hydrogens (tertiary/aromatic N) is 4. The Hall–Kier alpha value is -1.99. The summed E-state index contributed by atoms with van der Waals surface area (Å²) in [5, 5.41) is 7.77. The maximum absolute atomic E-state index is 12.8. The third-order valence-electron chi connectivity index (χ3n) is 3.66. The average molecular weight is 304 g/mol. The predicted octanol–water partition coefficient (Wildman–Crippen LogP) is 0.995. The predicted molar refractivity (Wildman–Crippen MR) is 79.7 cm³/mol. The Labute approximate surface area is 128 Å². The highest BCUT2D eigenvalue weighted by molar-refractivity contribution is 5.94. The second-order valence-electron chi connectivity index (χ2n) is 6.15. The maximum atomic E-state index is 12.8. The summed E-state index contributed by atoms with van der Waals surface area (Å²) in [4.78, 5) is 14.6. The van der Waals surface area contributed by atoms with Gasteiger partial charge >= 0.3 is 0 Å². The zero-order valence-electron chi connectivity index (χ0n) is 13.0. The second kappa shape index (κ2) is 5.66. The lowest BCUT2D eigenvalue weighted by Crippen LogP contribution is -2.55. The molecular weight excluding hydrogens is 284 g/mol. The zero-order chi connectivity index (χ0) is 15.7. The molecule has 1 fully saturated rings. The third-order valence-corrected chi connectivity index (χ3v) is 3.66. The molecule has 118 valence electrons. The van der Waals surface area contributed by atoms with Crippen molar-refractivity contribution in [2.45, 2.75) is 25.6 Å². The molecule has 3 heterocycles. The van der Waals surface area contributed by atoms with E-state index in [1.54, 1.807) is 36.2 Å². The topological polar surface area (TPSA) is 69.0 Å². The molecule has 0 aromatic carbocycles. The first-order valence-corrected chi connectivity index (χ1v) is 7.24. The van der Waals surface area contributed by atoms with Gasteiger partial charge in [-0.05, 0) is 26.0 Å². The number of hydrogen-bond acceptors (Lipinski definition) is 5. The minimum Gasteiger partial charge on any atom is -0.382 e. The average Bonchev–Trinajstić information content (AvgIpc) is 2.92. The summed E-state index contributed by atoms with van der Waals surface area (Å²) in [5.74, 6) is -0.0203. The number of morpholine rings is 1. The van der Waals surface area contributed by atoms with Crippen LogP contribution in [0.2, 0.25) is 0 Å². The van der Waals surface area contributed by atoms with E-state index in [4.69, 9.17) is 9.47 Å². The van der Waals surface area contributed by atoms with Gasteiger partial charge in [-0.3, -0.25) is 9.20 Å². The van der Waals surface area contributed by atoms with Gasteiger partial charge in [0.1, 0.15) is 6.33 Å². The number of methoxy groups -OCH3 is 1. The van der Waals surface area contributed by atoms with Gasteiger partial charge in [-0.1, -0.05) is 0 Å². The number of ether oxygens (including phenoxy) is 2. The van der Waals surface area contributed by atoms with Crippen LogP contribution < -0.4 is 0 Å². The zero-order valence-corrected chi connectivity index (χ0v) is 13.0. The number of rotatable bonds is 3. The molecule has 0 N–H and O–H groups in total. The van der Waals surface area contributed by atoms with Crippen LogP contribution in [0.4, 0.5) is 0 Å². The van der Waals surface area contributed by atoms with Crippen LogP contribution in [0.15, 0.2) is 24.7 Å². The van der Waals surface area contributed by atoms with Gasteiger partial charge in [0.25, 0.3) is 5.91 Å². The minimum absolute atomic E-state index is 0.0203. The Bertz CT molecular complexity index is 682. The van der Waals surface area contributed by atoms with E-state index in [1.807, 2.05) is 18.7 Å². The maximum Gasteiger partial charge on any atom is 0.255 e. The van der Waals surface area contributed by atoms with Crippen molar-refractivity contribution in [3.8, 4) is 0 Å². The van der Waals surface area contributed by atoms with Gasteiger partial charge in [0.2, 0.25) is 0 Å². The highest BCUT2D eigenvalue weighted by atomic mass is 16.5. The van der Waals surface area contributed by atoms with Crippen LogP contribution in [0.25, 0.3) is 5.65 Å². The summed E-state index contributed by atoms with van der Waals surface area (Å²) >= 11 is 0. The van der Waals surface area contributed by atoms with Crippen molar-refractivity contribution in [1.29, 1.82) is 0 Å². The Morgan fingerprint density at radius 2 is 2.32 bits per heavy atom. The highest BCUT2D eigenvalue weighted by Gasteiger charge is 2.35. The number of carbonyl (C=O) groups is 1. The Balaban J connectivity index is 1.83. The molecule has 0 radical (unpaired) electrons. The van der Waals surface area contributed by atoms with Gasteiger partial charge in [0.05, 0.1) is 23.9 Å². The van der Waals surface area contributed by atoms with E-state index in [2.05, 4.69) is 10.2 Å². The standard InChI is InChI=1S/C15H20N4O3/c1-15(2)9-18(7-12(22-15)8-21-3)14(20)11-4-5-13-17-16-10-19(13)6-11/h4-6,10,12H,7-9H2,1-3H3. The van der Waals surface area contributed by atoms with E-state index in [-0.39, 0.29) is 12.0 Å².